The van der Waals surface area contributed by atoms with Crippen LogP contribution in [0.3, 0.4) is 0 Å². The van der Waals surface area contributed by atoms with Gasteiger partial charge in [0.15, 0.2) is 6.73 Å². The van der Waals surface area contributed by atoms with Gasteiger partial charge in [0.2, 0.25) is 0 Å². The maximum absolute atomic E-state index is 12.5. The molecule has 0 fully saturated rings. The lowest BCUT2D eigenvalue weighted by molar-refractivity contribution is 0.0932. The Bertz CT molecular complexity index is 917. The minimum atomic E-state index is -0.228. The molecule has 3 aromatic rings. The van der Waals surface area contributed by atoms with Gasteiger partial charge in [0, 0.05) is 29.0 Å². The highest BCUT2D eigenvalue weighted by Gasteiger charge is 2.17. The van der Waals surface area contributed by atoms with E-state index < -0.39 is 0 Å². The second-order valence-corrected chi connectivity index (χ2v) is 7.10. The van der Waals surface area contributed by atoms with Gasteiger partial charge in [0.1, 0.15) is 11.4 Å². The van der Waals surface area contributed by atoms with Crippen molar-refractivity contribution in [1.29, 1.82) is 0 Å². The molecule has 0 aliphatic carbocycles. The van der Waals surface area contributed by atoms with Crippen molar-refractivity contribution in [2.75, 3.05) is 0 Å². The van der Waals surface area contributed by atoms with E-state index in [-0.39, 0.29) is 18.7 Å². The second kappa shape index (κ2) is 8.39. The molecule has 3 rings (SSSR count). The number of benzene rings is 1. The third-order valence-corrected chi connectivity index (χ3v) is 4.70. The summed E-state index contributed by atoms with van der Waals surface area (Å²) in [4.78, 5) is 12.5. The zero-order chi connectivity index (χ0) is 19.4. The van der Waals surface area contributed by atoms with Gasteiger partial charge in [-0.25, -0.2) is 4.68 Å². The lowest BCUT2D eigenvalue weighted by atomic mass is 10.1. The van der Waals surface area contributed by atoms with Crippen LogP contribution in [0.5, 0.6) is 5.75 Å². The summed E-state index contributed by atoms with van der Waals surface area (Å²) in [5.74, 6) is 0.505. The van der Waals surface area contributed by atoms with E-state index in [2.05, 4.69) is 31.4 Å². The highest BCUT2D eigenvalue weighted by Crippen LogP contribution is 2.17. The van der Waals surface area contributed by atoms with E-state index in [9.17, 15) is 4.79 Å². The van der Waals surface area contributed by atoms with Crippen molar-refractivity contribution in [3.63, 3.8) is 0 Å². The molecule has 0 radical (unpaired) electrons. The van der Waals surface area contributed by atoms with E-state index in [0.29, 0.717) is 5.69 Å². The zero-order valence-corrected chi connectivity index (χ0v) is 17.1. The third kappa shape index (κ3) is 4.77. The van der Waals surface area contributed by atoms with Crippen molar-refractivity contribution in [3.05, 3.63) is 64.1 Å². The van der Waals surface area contributed by atoms with Crippen LogP contribution < -0.4 is 10.1 Å². The molecule has 142 valence electrons. The average Bonchev–Trinajstić information content (AvgIpc) is 3.27. The molecular weight excluding hydrogens is 410 g/mol. The van der Waals surface area contributed by atoms with Gasteiger partial charge in [-0.05, 0) is 51.1 Å². The van der Waals surface area contributed by atoms with Crippen LogP contribution >= 0.6 is 15.9 Å². The Kier molecular flexibility index (Phi) is 5.95. The first-order valence-electron chi connectivity index (χ1n) is 8.73. The van der Waals surface area contributed by atoms with Crippen LogP contribution in [0.1, 0.15) is 41.6 Å². The predicted molar refractivity (Wildman–Crippen MR) is 106 cm³/mol. The minimum Gasteiger partial charge on any atom is -0.471 e. The number of carbonyl (C=O) groups excluding carboxylic acids is 1. The summed E-state index contributed by atoms with van der Waals surface area (Å²) in [6.45, 7) is 6.94. The smallest absolute Gasteiger partial charge is 0.272 e. The number of rotatable bonds is 7. The molecule has 0 aliphatic rings. The van der Waals surface area contributed by atoms with Crippen LogP contribution in [-0.4, -0.2) is 25.5 Å². The van der Waals surface area contributed by atoms with Crippen LogP contribution in [0.2, 0.25) is 0 Å². The van der Waals surface area contributed by atoms with E-state index in [1.165, 1.54) is 0 Å². The Labute approximate surface area is 166 Å². The molecule has 2 heterocycles. The zero-order valence-electron chi connectivity index (χ0n) is 15.5. The normalized spacial score (nSPS) is 12.0. The molecule has 0 saturated carbocycles. The standard InChI is InChI=1S/C19H22BrN5O2/c1-4-24-11-17(14(3)22-24)13(2)21-19(26)18-9-10-25(23-18)12-27-16-7-5-15(20)6-8-16/h5-11,13H,4,12H2,1-3H3,(H,21,26). The summed E-state index contributed by atoms with van der Waals surface area (Å²) in [5.41, 5.74) is 2.27. The van der Waals surface area contributed by atoms with E-state index >= 15 is 0 Å². The van der Waals surface area contributed by atoms with Gasteiger partial charge in [-0.15, -0.1) is 0 Å². The number of aromatic nitrogens is 4. The van der Waals surface area contributed by atoms with Gasteiger partial charge in [0.25, 0.3) is 5.91 Å². The van der Waals surface area contributed by atoms with Crippen molar-refractivity contribution in [2.24, 2.45) is 0 Å². The van der Waals surface area contributed by atoms with Gasteiger partial charge in [-0.3, -0.25) is 9.48 Å². The summed E-state index contributed by atoms with van der Waals surface area (Å²) >= 11 is 3.38. The lowest BCUT2D eigenvalue weighted by Crippen LogP contribution is -2.27. The molecule has 1 aromatic carbocycles. The van der Waals surface area contributed by atoms with Crippen LogP contribution in [0.15, 0.2) is 47.2 Å². The number of halogens is 1. The summed E-state index contributed by atoms with van der Waals surface area (Å²) in [6.07, 6.45) is 3.68. The maximum Gasteiger partial charge on any atom is 0.272 e. The van der Waals surface area contributed by atoms with E-state index in [0.717, 1.165) is 28.0 Å². The summed E-state index contributed by atoms with van der Waals surface area (Å²) in [7, 11) is 0. The predicted octanol–water partition coefficient (Wildman–Crippen LogP) is 3.70. The first-order chi connectivity index (χ1) is 13.0. The third-order valence-electron chi connectivity index (χ3n) is 4.17. The minimum absolute atomic E-state index is 0.151. The molecule has 1 amide bonds. The lowest BCUT2D eigenvalue weighted by Gasteiger charge is -2.12. The molecule has 7 nitrogen and oxygen atoms in total. The highest BCUT2D eigenvalue weighted by atomic mass is 79.9. The number of hydrogen-bond donors (Lipinski definition) is 1. The fourth-order valence-electron chi connectivity index (χ4n) is 2.69. The SMILES string of the molecule is CCn1cc(C(C)NC(=O)c2ccn(COc3ccc(Br)cc3)n2)c(C)n1. The Morgan fingerprint density at radius 1 is 1.22 bits per heavy atom. The van der Waals surface area contributed by atoms with Crippen molar-refractivity contribution < 1.29 is 9.53 Å². The maximum atomic E-state index is 12.5. The number of carbonyl (C=O) groups is 1. The van der Waals surface area contributed by atoms with Crippen LogP contribution in [0.25, 0.3) is 0 Å². The molecule has 1 unspecified atom stereocenters. The van der Waals surface area contributed by atoms with Gasteiger partial charge < -0.3 is 10.1 Å². The summed E-state index contributed by atoms with van der Waals surface area (Å²) in [5, 5.41) is 11.7. The Balaban J connectivity index is 1.59. The van der Waals surface area contributed by atoms with E-state index in [1.54, 1.807) is 16.9 Å². The monoisotopic (exact) mass is 431 g/mol. The number of nitrogens with zero attached hydrogens (tertiary/aromatic N) is 4. The average molecular weight is 432 g/mol. The fourth-order valence-corrected chi connectivity index (χ4v) is 2.96. The summed E-state index contributed by atoms with van der Waals surface area (Å²) < 4.78 is 10.1. The molecule has 8 heteroatoms. The largest absolute Gasteiger partial charge is 0.471 e. The molecule has 0 bridgehead atoms. The van der Waals surface area contributed by atoms with Crippen LogP contribution in [0, 0.1) is 6.92 Å². The van der Waals surface area contributed by atoms with Crippen molar-refractivity contribution in [1.82, 2.24) is 24.9 Å². The quantitative estimate of drug-likeness (QED) is 0.618. The highest BCUT2D eigenvalue weighted by molar-refractivity contribution is 9.10. The molecule has 1 atom stereocenters. The first kappa shape index (κ1) is 19.2. The molecule has 0 spiro atoms. The Hall–Kier alpha value is -2.61. The first-order valence-corrected chi connectivity index (χ1v) is 9.52. The molecule has 27 heavy (non-hydrogen) atoms. The number of nitrogens with one attached hydrogen (secondary N) is 1. The summed E-state index contributed by atoms with van der Waals surface area (Å²) in [6, 6.07) is 9.06. The topological polar surface area (TPSA) is 74.0 Å². The van der Waals surface area contributed by atoms with Crippen molar-refractivity contribution in [3.8, 4) is 5.75 Å². The molecule has 2 aromatic heterocycles. The Morgan fingerprint density at radius 3 is 2.63 bits per heavy atom. The number of hydrogen-bond acceptors (Lipinski definition) is 4. The molecular formula is C19H22BrN5O2. The number of aryl methyl sites for hydroxylation is 2. The Morgan fingerprint density at radius 2 is 1.96 bits per heavy atom. The fraction of sp³-hybridized carbons (Fsp3) is 0.316. The second-order valence-electron chi connectivity index (χ2n) is 6.19. The molecule has 1 N–H and O–H groups in total. The van der Waals surface area contributed by atoms with Crippen molar-refractivity contribution in [2.45, 2.75) is 40.1 Å². The van der Waals surface area contributed by atoms with Crippen LogP contribution in [-0.2, 0) is 13.3 Å². The van der Waals surface area contributed by atoms with Gasteiger partial charge in [-0.2, -0.15) is 10.2 Å². The molecule has 0 saturated heterocycles. The van der Waals surface area contributed by atoms with E-state index in [4.69, 9.17) is 4.74 Å². The van der Waals surface area contributed by atoms with Gasteiger partial charge >= 0.3 is 0 Å². The van der Waals surface area contributed by atoms with Gasteiger partial charge in [-0.1, -0.05) is 15.9 Å². The van der Waals surface area contributed by atoms with Crippen molar-refractivity contribution >= 4 is 21.8 Å². The van der Waals surface area contributed by atoms with Crippen LogP contribution in [0.4, 0.5) is 0 Å². The number of ether oxygens (including phenoxy) is 1. The molecule has 0 aliphatic heterocycles. The van der Waals surface area contributed by atoms with E-state index in [1.807, 2.05) is 55.9 Å². The van der Waals surface area contributed by atoms with Gasteiger partial charge in [0.05, 0.1) is 11.7 Å². The number of amides is 1.